The molecule has 1 aliphatic rings. The van der Waals surface area contributed by atoms with Crippen molar-refractivity contribution >= 4 is 17.4 Å². The van der Waals surface area contributed by atoms with E-state index in [1.165, 1.54) is 0 Å². The minimum absolute atomic E-state index is 0.202. The molecular formula is C12H18N4O. The van der Waals surface area contributed by atoms with Gasteiger partial charge in [0.15, 0.2) is 0 Å². The van der Waals surface area contributed by atoms with Crippen LogP contribution in [0.3, 0.4) is 0 Å². The second-order valence-corrected chi connectivity index (χ2v) is 4.54. The number of likely N-dealkylation sites (tertiary alicyclic amines) is 1. The molecule has 2 heterocycles. The fraction of sp³-hybridized carbons (Fsp3) is 0.500. The Balaban J connectivity index is 2.06. The number of hydrogen-bond donors (Lipinski definition) is 2. The maximum absolute atomic E-state index is 11.4. The lowest BCUT2D eigenvalue weighted by atomic mass is 10.1. The molecular weight excluding hydrogens is 216 g/mol. The van der Waals surface area contributed by atoms with Crippen molar-refractivity contribution in [2.75, 3.05) is 24.6 Å². The number of aromatic nitrogens is 1. The Kier molecular flexibility index (Phi) is 3.17. The predicted molar refractivity (Wildman–Crippen MR) is 67.7 cm³/mol. The van der Waals surface area contributed by atoms with E-state index in [4.69, 9.17) is 5.73 Å². The second kappa shape index (κ2) is 4.61. The molecule has 0 spiro atoms. The summed E-state index contributed by atoms with van der Waals surface area (Å²) in [4.78, 5) is 17.5. The molecule has 0 saturated carbocycles. The van der Waals surface area contributed by atoms with Crippen LogP contribution in [0.25, 0.3) is 0 Å². The van der Waals surface area contributed by atoms with Crippen molar-refractivity contribution in [2.45, 2.75) is 25.8 Å². The Labute approximate surface area is 101 Å². The van der Waals surface area contributed by atoms with Crippen LogP contribution in [0.2, 0.25) is 0 Å². The van der Waals surface area contributed by atoms with Crippen LogP contribution in [-0.2, 0) is 4.79 Å². The minimum atomic E-state index is 0.202. The zero-order valence-corrected chi connectivity index (χ0v) is 10.2. The Morgan fingerprint density at radius 3 is 3.00 bits per heavy atom. The summed E-state index contributed by atoms with van der Waals surface area (Å²) in [7, 11) is 1.82. The third-order valence-corrected chi connectivity index (χ3v) is 3.03. The minimum Gasteiger partial charge on any atom is -0.396 e. The average molecular weight is 234 g/mol. The Morgan fingerprint density at radius 1 is 1.53 bits per heavy atom. The number of anilines is 2. The highest BCUT2D eigenvalue weighted by Gasteiger charge is 2.23. The number of carbonyl (C=O) groups excluding carboxylic acids is 1. The molecule has 0 bridgehead atoms. The standard InChI is InChI=1S/C12H18N4O/c1-8-3-5-10(13)12(14-8)15-9-4-6-11(17)16(2)7-9/h3,5,9H,4,6-7,13H2,1-2H3,(H,14,15). The molecule has 3 N–H and O–H groups in total. The number of carbonyl (C=O) groups is 1. The van der Waals surface area contributed by atoms with Gasteiger partial charge < -0.3 is 16.0 Å². The largest absolute Gasteiger partial charge is 0.396 e. The number of rotatable bonds is 2. The molecule has 1 fully saturated rings. The van der Waals surface area contributed by atoms with Crippen molar-refractivity contribution in [3.8, 4) is 0 Å². The van der Waals surface area contributed by atoms with Gasteiger partial charge in [0.2, 0.25) is 5.91 Å². The van der Waals surface area contributed by atoms with Crippen molar-refractivity contribution < 1.29 is 4.79 Å². The maximum Gasteiger partial charge on any atom is 0.222 e. The third kappa shape index (κ3) is 2.67. The van der Waals surface area contributed by atoms with E-state index >= 15 is 0 Å². The monoisotopic (exact) mass is 234 g/mol. The van der Waals surface area contributed by atoms with Gasteiger partial charge in [0.05, 0.1) is 5.69 Å². The number of likely N-dealkylation sites (N-methyl/N-ethyl adjacent to an activating group) is 1. The maximum atomic E-state index is 11.4. The molecule has 1 aliphatic heterocycles. The van der Waals surface area contributed by atoms with Gasteiger partial charge in [0.1, 0.15) is 5.82 Å². The molecule has 0 aliphatic carbocycles. The van der Waals surface area contributed by atoms with Crippen LogP contribution in [0.15, 0.2) is 12.1 Å². The average Bonchev–Trinajstić information content (AvgIpc) is 2.29. The van der Waals surface area contributed by atoms with Gasteiger partial charge in [0.25, 0.3) is 0 Å². The van der Waals surface area contributed by atoms with Crippen molar-refractivity contribution in [3.63, 3.8) is 0 Å². The summed E-state index contributed by atoms with van der Waals surface area (Å²) in [6.07, 6.45) is 1.41. The third-order valence-electron chi connectivity index (χ3n) is 3.03. The van der Waals surface area contributed by atoms with Gasteiger partial charge in [-0.25, -0.2) is 4.98 Å². The first-order chi connectivity index (χ1) is 8.06. The van der Waals surface area contributed by atoms with Crippen LogP contribution < -0.4 is 11.1 Å². The summed E-state index contributed by atoms with van der Waals surface area (Å²) in [6, 6.07) is 3.97. The number of hydrogen-bond acceptors (Lipinski definition) is 4. The van der Waals surface area contributed by atoms with Gasteiger partial charge >= 0.3 is 0 Å². The van der Waals surface area contributed by atoms with E-state index in [9.17, 15) is 4.79 Å². The molecule has 1 saturated heterocycles. The number of amides is 1. The normalized spacial score (nSPS) is 20.5. The van der Waals surface area contributed by atoms with Crippen molar-refractivity contribution in [2.24, 2.45) is 0 Å². The molecule has 2 rings (SSSR count). The fourth-order valence-corrected chi connectivity index (χ4v) is 2.01. The first-order valence-electron chi connectivity index (χ1n) is 5.80. The lowest BCUT2D eigenvalue weighted by Gasteiger charge is -2.30. The number of nitrogen functional groups attached to an aromatic ring is 1. The first-order valence-corrected chi connectivity index (χ1v) is 5.80. The van der Waals surface area contributed by atoms with Gasteiger partial charge in [-0.3, -0.25) is 4.79 Å². The van der Waals surface area contributed by atoms with Gasteiger partial charge in [-0.05, 0) is 25.5 Å². The quantitative estimate of drug-likeness (QED) is 0.801. The van der Waals surface area contributed by atoms with E-state index in [0.717, 1.165) is 17.9 Å². The highest BCUT2D eigenvalue weighted by Crippen LogP contribution is 2.20. The number of nitrogens with zero attached hydrogens (tertiary/aromatic N) is 2. The van der Waals surface area contributed by atoms with Gasteiger partial charge in [-0.2, -0.15) is 0 Å². The number of aryl methyl sites for hydroxylation is 1. The van der Waals surface area contributed by atoms with Gasteiger partial charge in [-0.1, -0.05) is 0 Å². The molecule has 0 radical (unpaired) electrons. The van der Waals surface area contributed by atoms with Crippen LogP contribution in [0, 0.1) is 6.92 Å². The summed E-state index contributed by atoms with van der Waals surface area (Å²) in [5.41, 5.74) is 7.44. The van der Waals surface area contributed by atoms with Crippen molar-refractivity contribution in [3.05, 3.63) is 17.8 Å². The zero-order chi connectivity index (χ0) is 12.4. The Hall–Kier alpha value is -1.78. The number of piperidine rings is 1. The second-order valence-electron chi connectivity index (χ2n) is 4.54. The van der Waals surface area contributed by atoms with E-state index in [1.54, 1.807) is 4.90 Å². The van der Waals surface area contributed by atoms with E-state index in [-0.39, 0.29) is 11.9 Å². The van der Waals surface area contributed by atoms with Crippen molar-refractivity contribution in [1.82, 2.24) is 9.88 Å². The van der Waals surface area contributed by atoms with Crippen LogP contribution in [0.5, 0.6) is 0 Å². The van der Waals surface area contributed by atoms with Crippen LogP contribution in [0.1, 0.15) is 18.5 Å². The molecule has 5 nitrogen and oxygen atoms in total. The molecule has 1 unspecified atom stereocenters. The number of nitrogens with one attached hydrogen (secondary N) is 1. The lowest BCUT2D eigenvalue weighted by Crippen LogP contribution is -2.43. The topological polar surface area (TPSA) is 71.2 Å². The van der Waals surface area contributed by atoms with Crippen LogP contribution in [0.4, 0.5) is 11.5 Å². The molecule has 1 amide bonds. The molecule has 17 heavy (non-hydrogen) atoms. The van der Waals surface area contributed by atoms with Gasteiger partial charge in [-0.15, -0.1) is 0 Å². The molecule has 1 aromatic heterocycles. The Bertz CT molecular complexity index is 433. The van der Waals surface area contributed by atoms with Gasteiger partial charge in [0, 0.05) is 31.7 Å². The van der Waals surface area contributed by atoms with Crippen LogP contribution in [-0.4, -0.2) is 35.4 Å². The van der Waals surface area contributed by atoms with E-state index in [2.05, 4.69) is 10.3 Å². The fourth-order valence-electron chi connectivity index (χ4n) is 2.01. The van der Waals surface area contributed by atoms with Crippen LogP contribution >= 0.6 is 0 Å². The molecule has 92 valence electrons. The van der Waals surface area contributed by atoms with E-state index in [1.807, 2.05) is 26.1 Å². The highest BCUT2D eigenvalue weighted by molar-refractivity contribution is 5.77. The molecule has 5 heteroatoms. The summed E-state index contributed by atoms with van der Waals surface area (Å²) >= 11 is 0. The summed E-state index contributed by atoms with van der Waals surface area (Å²) in [5.74, 6) is 0.922. The highest BCUT2D eigenvalue weighted by atomic mass is 16.2. The smallest absolute Gasteiger partial charge is 0.222 e. The summed E-state index contributed by atoms with van der Waals surface area (Å²) in [6.45, 7) is 2.63. The first kappa shape index (κ1) is 11.7. The van der Waals surface area contributed by atoms with E-state index < -0.39 is 0 Å². The van der Waals surface area contributed by atoms with E-state index in [0.29, 0.717) is 18.7 Å². The summed E-state index contributed by atoms with van der Waals surface area (Å²) in [5, 5.41) is 3.31. The number of pyridine rings is 1. The van der Waals surface area contributed by atoms with Crippen molar-refractivity contribution in [1.29, 1.82) is 0 Å². The molecule has 1 aromatic rings. The molecule has 1 atom stereocenters. The summed E-state index contributed by atoms with van der Waals surface area (Å²) < 4.78 is 0. The Morgan fingerprint density at radius 2 is 2.29 bits per heavy atom. The molecule has 0 aromatic carbocycles. The SMILES string of the molecule is Cc1ccc(N)c(NC2CCC(=O)N(C)C2)n1. The lowest BCUT2D eigenvalue weighted by molar-refractivity contribution is -0.132. The predicted octanol–water partition coefficient (Wildman–Crippen LogP) is 1.00. The zero-order valence-electron chi connectivity index (χ0n) is 10.2. The number of nitrogens with two attached hydrogens (primary N) is 1.